The minimum Gasteiger partial charge on any atom is -0.382 e. The van der Waals surface area contributed by atoms with Crippen molar-refractivity contribution in [2.24, 2.45) is 5.73 Å². The number of nitrogens with two attached hydrogens (primary N) is 2. The Bertz CT molecular complexity index is 1500. The van der Waals surface area contributed by atoms with Crippen molar-refractivity contribution in [2.75, 3.05) is 36.9 Å². The molecule has 0 radical (unpaired) electrons. The fourth-order valence-electron chi connectivity index (χ4n) is 4.73. The highest BCUT2D eigenvalue weighted by Gasteiger charge is 2.25. The number of aromatic nitrogens is 3. The van der Waals surface area contributed by atoms with Crippen LogP contribution in [0.3, 0.4) is 0 Å². The van der Waals surface area contributed by atoms with Gasteiger partial charge in [0.15, 0.2) is 5.82 Å². The first-order chi connectivity index (χ1) is 17.7. The molecule has 2 aromatic heterocycles. The highest BCUT2D eigenvalue weighted by molar-refractivity contribution is 5.99. The summed E-state index contributed by atoms with van der Waals surface area (Å²) in [7, 11) is 0. The first kappa shape index (κ1) is 24.6. The maximum absolute atomic E-state index is 15.7. The maximum atomic E-state index is 15.7. The number of anilines is 3. The summed E-state index contributed by atoms with van der Waals surface area (Å²) >= 11 is 0. The summed E-state index contributed by atoms with van der Waals surface area (Å²) in [6, 6.07) is 7.91. The Hall–Kier alpha value is -4.09. The molecule has 9 nitrogen and oxygen atoms in total. The van der Waals surface area contributed by atoms with Gasteiger partial charge in [0.1, 0.15) is 23.5 Å². The summed E-state index contributed by atoms with van der Waals surface area (Å²) in [5.41, 5.74) is 15.5. The number of hydrogen-bond donors (Lipinski definition) is 2. The molecule has 1 aliphatic rings. The molecule has 0 spiro atoms. The molecule has 37 heavy (non-hydrogen) atoms. The number of ether oxygens (including phenoxy) is 1. The van der Waals surface area contributed by atoms with Crippen LogP contribution in [0.2, 0.25) is 0 Å². The number of morpholine rings is 1. The smallest absolute Gasteiger partial charge is 0.324 e. The number of carbonyl (C=O) groups is 1. The molecule has 1 fully saturated rings. The zero-order valence-electron chi connectivity index (χ0n) is 20.5. The van der Waals surface area contributed by atoms with E-state index in [1.165, 1.54) is 30.6 Å². The van der Waals surface area contributed by atoms with E-state index in [-0.39, 0.29) is 17.2 Å². The molecule has 2 aromatic carbocycles. The first-order valence-electron chi connectivity index (χ1n) is 11.8. The van der Waals surface area contributed by atoms with Crippen molar-refractivity contribution in [3.05, 3.63) is 71.2 Å². The van der Waals surface area contributed by atoms with Gasteiger partial charge in [0.05, 0.1) is 30.3 Å². The number of hydrogen-bond acceptors (Lipinski definition) is 6. The molecule has 3 heterocycles. The molecule has 11 heteroatoms. The van der Waals surface area contributed by atoms with Gasteiger partial charge >= 0.3 is 6.03 Å². The van der Waals surface area contributed by atoms with E-state index >= 15 is 4.39 Å². The number of amides is 2. The molecule has 0 bridgehead atoms. The van der Waals surface area contributed by atoms with E-state index in [0.717, 1.165) is 23.7 Å². The molecule has 2 amide bonds. The van der Waals surface area contributed by atoms with Crippen LogP contribution in [0.1, 0.15) is 16.8 Å². The Morgan fingerprint density at radius 2 is 1.78 bits per heavy atom. The van der Waals surface area contributed by atoms with Gasteiger partial charge in [-0.3, -0.25) is 9.80 Å². The van der Waals surface area contributed by atoms with Crippen LogP contribution in [0, 0.1) is 25.5 Å². The number of rotatable bonds is 5. The predicted molar refractivity (Wildman–Crippen MR) is 136 cm³/mol. The van der Waals surface area contributed by atoms with Crippen LogP contribution in [0.15, 0.2) is 42.7 Å². The van der Waals surface area contributed by atoms with Crippen LogP contribution in [0.4, 0.5) is 30.8 Å². The first-order valence-corrected chi connectivity index (χ1v) is 11.8. The summed E-state index contributed by atoms with van der Waals surface area (Å²) in [6.45, 7) is 6.98. The maximum Gasteiger partial charge on any atom is 0.324 e. The van der Waals surface area contributed by atoms with Crippen LogP contribution in [0.25, 0.3) is 16.6 Å². The van der Waals surface area contributed by atoms with Gasteiger partial charge in [0.2, 0.25) is 0 Å². The molecule has 0 atom stereocenters. The summed E-state index contributed by atoms with van der Waals surface area (Å²) in [5, 5.41) is 4.40. The molecule has 4 aromatic rings. The van der Waals surface area contributed by atoms with E-state index < -0.39 is 17.7 Å². The second kappa shape index (κ2) is 9.75. The lowest BCUT2D eigenvalue weighted by atomic mass is 9.99. The highest BCUT2D eigenvalue weighted by atomic mass is 19.1. The van der Waals surface area contributed by atoms with E-state index in [2.05, 4.69) is 15.0 Å². The van der Waals surface area contributed by atoms with Crippen LogP contribution < -0.4 is 16.4 Å². The zero-order chi connectivity index (χ0) is 26.3. The van der Waals surface area contributed by atoms with Crippen LogP contribution in [-0.4, -0.2) is 51.8 Å². The Morgan fingerprint density at radius 1 is 1.05 bits per heavy atom. The summed E-state index contributed by atoms with van der Waals surface area (Å²) < 4.78 is 37.5. The fraction of sp³-hybridized carbons (Fsp3) is 0.269. The van der Waals surface area contributed by atoms with Crippen molar-refractivity contribution in [1.82, 2.24) is 19.5 Å². The summed E-state index contributed by atoms with van der Waals surface area (Å²) in [4.78, 5) is 19.6. The standard InChI is InChI=1S/C26H27F2N7O2/c1-15-3-4-20(27)22(9-15)34(26(30)36)23-10-16(2)18(12-21(23)28)19-11-17(13-33-5-7-37-8-6-33)35-24(19)25(29)31-14-32-35/h3-4,9-12,14H,5-8,13H2,1-2H3,(H2,30,36)(H2,29,31,32). The van der Waals surface area contributed by atoms with Crippen LogP contribution in [0.5, 0.6) is 0 Å². The molecule has 1 aliphatic heterocycles. The molecule has 0 saturated carbocycles. The van der Waals surface area contributed by atoms with Crippen molar-refractivity contribution >= 4 is 28.7 Å². The molecule has 4 N–H and O–H groups in total. The Kier molecular flexibility index (Phi) is 6.48. The lowest BCUT2D eigenvalue weighted by Gasteiger charge is -2.26. The van der Waals surface area contributed by atoms with Gasteiger partial charge < -0.3 is 16.2 Å². The van der Waals surface area contributed by atoms with E-state index in [1.807, 2.05) is 6.07 Å². The summed E-state index contributed by atoms with van der Waals surface area (Å²) in [5.74, 6) is -1.19. The Morgan fingerprint density at radius 3 is 2.51 bits per heavy atom. The normalized spacial score (nSPS) is 14.3. The van der Waals surface area contributed by atoms with Crippen molar-refractivity contribution < 1.29 is 18.3 Å². The van der Waals surface area contributed by atoms with E-state index in [1.54, 1.807) is 24.4 Å². The second-order valence-electron chi connectivity index (χ2n) is 9.09. The average Bonchev–Trinajstić information content (AvgIpc) is 3.23. The third-order valence-corrected chi connectivity index (χ3v) is 6.53. The third kappa shape index (κ3) is 4.58. The number of benzene rings is 2. The quantitative estimate of drug-likeness (QED) is 0.423. The summed E-state index contributed by atoms with van der Waals surface area (Å²) in [6.07, 6.45) is 1.38. The number of nitrogen functional groups attached to an aromatic ring is 1. The minimum absolute atomic E-state index is 0.127. The fourth-order valence-corrected chi connectivity index (χ4v) is 4.73. The largest absolute Gasteiger partial charge is 0.382 e. The average molecular weight is 508 g/mol. The second-order valence-corrected chi connectivity index (χ2v) is 9.09. The van der Waals surface area contributed by atoms with Crippen molar-refractivity contribution in [2.45, 2.75) is 20.4 Å². The Balaban J connectivity index is 1.62. The topological polar surface area (TPSA) is 115 Å². The minimum atomic E-state index is -1.00. The molecular weight excluding hydrogens is 480 g/mol. The number of nitrogens with zero attached hydrogens (tertiary/aromatic N) is 5. The SMILES string of the molecule is Cc1ccc(F)c(N(C(N)=O)c2cc(C)c(-c3cc(CN4CCOCC4)n4ncnc(N)c34)cc2F)c1. The van der Waals surface area contributed by atoms with Crippen LogP contribution >= 0.6 is 0 Å². The number of halogens is 2. The van der Waals surface area contributed by atoms with Gasteiger partial charge in [-0.1, -0.05) is 6.07 Å². The zero-order valence-corrected chi connectivity index (χ0v) is 20.5. The number of primary amides is 1. The monoisotopic (exact) mass is 507 g/mol. The van der Waals surface area contributed by atoms with Gasteiger partial charge in [0, 0.05) is 25.2 Å². The third-order valence-electron chi connectivity index (χ3n) is 6.53. The van der Waals surface area contributed by atoms with Gasteiger partial charge in [-0.25, -0.2) is 23.1 Å². The van der Waals surface area contributed by atoms with Crippen molar-refractivity contribution in [1.29, 1.82) is 0 Å². The predicted octanol–water partition coefficient (Wildman–Crippen LogP) is 3.92. The van der Waals surface area contributed by atoms with Gasteiger partial charge in [0.25, 0.3) is 0 Å². The van der Waals surface area contributed by atoms with E-state index in [0.29, 0.717) is 47.5 Å². The Labute approximate surface area is 212 Å². The van der Waals surface area contributed by atoms with E-state index in [4.69, 9.17) is 16.2 Å². The van der Waals surface area contributed by atoms with Crippen molar-refractivity contribution in [3.63, 3.8) is 0 Å². The molecule has 192 valence electrons. The number of fused-ring (bicyclic) bond motifs is 1. The molecule has 0 unspecified atom stereocenters. The van der Waals surface area contributed by atoms with Gasteiger partial charge in [-0.05, 0) is 60.9 Å². The molecular formula is C26H27F2N7O2. The van der Waals surface area contributed by atoms with Gasteiger partial charge in [-0.2, -0.15) is 5.10 Å². The lowest BCUT2D eigenvalue weighted by Crippen LogP contribution is -2.36. The number of aryl methyl sites for hydroxylation is 2. The molecule has 5 rings (SSSR count). The molecule has 1 saturated heterocycles. The van der Waals surface area contributed by atoms with Gasteiger partial charge in [-0.15, -0.1) is 0 Å². The molecule has 0 aliphatic carbocycles. The lowest BCUT2D eigenvalue weighted by molar-refractivity contribution is 0.0334. The van der Waals surface area contributed by atoms with Crippen molar-refractivity contribution in [3.8, 4) is 11.1 Å². The number of urea groups is 1. The number of carbonyl (C=O) groups excluding carboxylic acids is 1. The highest BCUT2D eigenvalue weighted by Crippen LogP contribution is 2.38. The van der Waals surface area contributed by atoms with Crippen LogP contribution in [-0.2, 0) is 11.3 Å². The van der Waals surface area contributed by atoms with E-state index in [9.17, 15) is 9.18 Å².